The van der Waals surface area contributed by atoms with Gasteiger partial charge in [-0.2, -0.15) is 0 Å². The summed E-state index contributed by atoms with van der Waals surface area (Å²) in [6.07, 6.45) is 3.84. The maximum Gasteiger partial charge on any atom is 0.341 e. The van der Waals surface area contributed by atoms with E-state index in [1.54, 1.807) is 25.1 Å². The van der Waals surface area contributed by atoms with E-state index in [-0.39, 0.29) is 0 Å². The van der Waals surface area contributed by atoms with E-state index >= 15 is 0 Å². The molecule has 1 saturated heterocycles. The third-order valence-electron chi connectivity index (χ3n) is 3.61. The average Bonchev–Trinajstić information content (AvgIpc) is 2.50. The predicted octanol–water partition coefficient (Wildman–Crippen LogP) is 2.31. The molecule has 5 nitrogen and oxygen atoms in total. The maximum atomic E-state index is 11.9. The molecule has 5 heteroatoms. The van der Waals surface area contributed by atoms with E-state index in [2.05, 4.69) is 4.90 Å². The van der Waals surface area contributed by atoms with E-state index in [0.29, 0.717) is 30.2 Å². The van der Waals surface area contributed by atoms with E-state index < -0.39 is 5.97 Å². The molecule has 1 aliphatic rings. The summed E-state index contributed by atoms with van der Waals surface area (Å²) < 4.78 is 10.8. The number of ether oxygens (including phenoxy) is 2. The number of nitrogens with two attached hydrogens (primary N) is 1. The summed E-state index contributed by atoms with van der Waals surface area (Å²) in [6.45, 7) is 5.83. The Labute approximate surface area is 126 Å². The van der Waals surface area contributed by atoms with Crippen molar-refractivity contribution in [3.63, 3.8) is 0 Å². The standard InChI is InChI=1S/C16H24N2O3/c1-2-20-16(19)14-12-13(17)6-7-15(14)21-11-10-18-8-4-3-5-9-18/h6-7,12H,2-5,8-11,17H2,1H3. The van der Waals surface area contributed by atoms with Crippen LogP contribution in [0.1, 0.15) is 36.5 Å². The fraction of sp³-hybridized carbons (Fsp3) is 0.562. The van der Waals surface area contributed by atoms with Gasteiger partial charge in [-0.05, 0) is 51.1 Å². The Bertz CT molecular complexity index is 471. The Morgan fingerprint density at radius 3 is 2.76 bits per heavy atom. The number of benzene rings is 1. The number of carbonyl (C=O) groups is 1. The predicted molar refractivity (Wildman–Crippen MR) is 82.6 cm³/mol. The van der Waals surface area contributed by atoms with Crippen molar-refractivity contribution in [2.45, 2.75) is 26.2 Å². The van der Waals surface area contributed by atoms with E-state index in [1.807, 2.05) is 0 Å². The maximum absolute atomic E-state index is 11.9. The molecule has 0 spiro atoms. The van der Waals surface area contributed by atoms with Gasteiger partial charge < -0.3 is 15.2 Å². The summed E-state index contributed by atoms with van der Waals surface area (Å²) in [6, 6.07) is 5.07. The van der Waals surface area contributed by atoms with Gasteiger partial charge in [-0.25, -0.2) is 4.79 Å². The monoisotopic (exact) mass is 292 g/mol. The normalized spacial score (nSPS) is 15.7. The van der Waals surface area contributed by atoms with Crippen LogP contribution in [0.25, 0.3) is 0 Å². The van der Waals surface area contributed by atoms with E-state index in [1.165, 1.54) is 19.3 Å². The molecule has 0 atom stereocenters. The molecule has 21 heavy (non-hydrogen) atoms. The fourth-order valence-electron chi connectivity index (χ4n) is 2.51. The van der Waals surface area contributed by atoms with Crippen molar-refractivity contribution >= 4 is 11.7 Å². The molecule has 2 rings (SSSR count). The average molecular weight is 292 g/mol. The van der Waals surface area contributed by atoms with Crippen molar-refractivity contribution < 1.29 is 14.3 Å². The van der Waals surface area contributed by atoms with Crippen molar-refractivity contribution in [2.75, 3.05) is 38.6 Å². The second-order valence-electron chi connectivity index (χ2n) is 5.23. The van der Waals surface area contributed by atoms with Gasteiger partial charge in [-0.3, -0.25) is 4.90 Å². The highest BCUT2D eigenvalue weighted by molar-refractivity contribution is 5.93. The van der Waals surface area contributed by atoms with E-state index in [4.69, 9.17) is 15.2 Å². The second-order valence-corrected chi connectivity index (χ2v) is 5.23. The number of nitrogen functional groups attached to an aromatic ring is 1. The first-order chi connectivity index (χ1) is 10.2. The minimum atomic E-state index is -0.391. The van der Waals surface area contributed by atoms with Crippen LogP contribution in [0.4, 0.5) is 5.69 Å². The Morgan fingerprint density at radius 2 is 2.05 bits per heavy atom. The van der Waals surface area contributed by atoms with Crippen molar-refractivity contribution in [3.8, 4) is 5.75 Å². The zero-order valence-electron chi connectivity index (χ0n) is 12.6. The number of esters is 1. The SMILES string of the molecule is CCOC(=O)c1cc(N)ccc1OCCN1CCCCC1. The Hall–Kier alpha value is -1.75. The molecule has 116 valence electrons. The minimum Gasteiger partial charge on any atom is -0.491 e. The lowest BCUT2D eigenvalue weighted by atomic mass is 10.1. The summed E-state index contributed by atoms with van der Waals surface area (Å²) in [5, 5.41) is 0. The summed E-state index contributed by atoms with van der Waals surface area (Å²) in [7, 11) is 0. The van der Waals surface area contributed by atoms with Gasteiger partial charge in [0.25, 0.3) is 0 Å². The minimum absolute atomic E-state index is 0.334. The second kappa shape index (κ2) is 7.88. The highest BCUT2D eigenvalue weighted by atomic mass is 16.5. The highest BCUT2D eigenvalue weighted by Gasteiger charge is 2.15. The highest BCUT2D eigenvalue weighted by Crippen LogP contribution is 2.22. The largest absolute Gasteiger partial charge is 0.491 e. The first kappa shape index (κ1) is 15.6. The van der Waals surface area contributed by atoms with Gasteiger partial charge in [0.1, 0.15) is 17.9 Å². The van der Waals surface area contributed by atoms with E-state index in [9.17, 15) is 4.79 Å². The van der Waals surface area contributed by atoms with Crippen molar-refractivity contribution in [1.82, 2.24) is 4.90 Å². The third kappa shape index (κ3) is 4.63. The molecule has 1 heterocycles. The van der Waals surface area contributed by atoms with Gasteiger partial charge in [0.15, 0.2) is 0 Å². The number of rotatable bonds is 6. The zero-order chi connectivity index (χ0) is 15.1. The molecule has 2 N–H and O–H groups in total. The van der Waals surface area contributed by atoms with Crippen molar-refractivity contribution in [2.24, 2.45) is 0 Å². The van der Waals surface area contributed by atoms with Crippen LogP contribution in [-0.2, 0) is 4.74 Å². The molecule has 0 amide bonds. The van der Waals surface area contributed by atoms with Gasteiger partial charge in [0.05, 0.1) is 6.61 Å². The molecule has 1 fully saturated rings. The zero-order valence-corrected chi connectivity index (χ0v) is 12.6. The third-order valence-corrected chi connectivity index (χ3v) is 3.61. The molecular formula is C16H24N2O3. The summed E-state index contributed by atoms with van der Waals surface area (Å²) >= 11 is 0. The first-order valence-electron chi connectivity index (χ1n) is 7.62. The van der Waals surface area contributed by atoms with Gasteiger partial charge in [-0.1, -0.05) is 6.42 Å². The van der Waals surface area contributed by atoms with Crippen LogP contribution in [0.5, 0.6) is 5.75 Å². The number of nitrogens with zero attached hydrogens (tertiary/aromatic N) is 1. The van der Waals surface area contributed by atoms with Crippen molar-refractivity contribution in [3.05, 3.63) is 23.8 Å². The number of anilines is 1. The Morgan fingerprint density at radius 1 is 1.29 bits per heavy atom. The molecule has 0 unspecified atom stereocenters. The lowest BCUT2D eigenvalue weighted by Crippen LogP contribution is -2.33. The van der Waals surface area contributed by atoms with E-state index in [0.717, 1.165) is 19.6 Å². The first-order valence-corrected chi connectivity index (χ1v) is 7.62. The number of hydrogen-bond acceptors (Lipinski definition) is 5. The molecule has 0 aliphatic carbocycles. The number of carbonyl (C=O) groups excluding carboxylic acids is 1. The molecule has 1 aromatic rings. The topological polar surface area (TPSA) is 64.8 Å². The molecule has 1 aromatic carbocycles. The molecule has 0 aromatic heterocycles. The van der Waals surface area contributed by atoms with Gasteiger partial charge in [-0.15, -0.1) is 0 Å². The number of likely N-dealkylation sites (tertiary alicyclic amines) is 1. The van der Waals surface area contributed by atoms with Crippen LogP contribution in [-0.4, -0.2) is 43.7 Å². The van der Waals surface area contributed by atoms with Crippen LogP contribution in [0, 0.1) is 0 Å². The molecule has 0 radical (unpaired) electrons. The van der Waals surface area contributed by atoms with Crippen LogP contribution < -0.4 is 10.5 Å². The Kier molecular flexibility index (Phi) is 5.87. The quantitative estimate of drug-likeness (QED) is 0.644. The van der Waals surface area contributed by atoms with Crippen LogP contribution >= 0.6 is 0 Å². The van der Waals surface area contributed by atoms with Crippen LogP contribution in [0.2, 0.25) is 0 Å². The Balaban J connectivity index is 1.93. The van der Waals surface area contributed by atoms with Gasteiger partial charge >= 0.3 is 5.97 Å². The number of piperidine rings is 1. The number of hydrogen-bond donors (Lipinski definition) is 1. The molecular weight excluding hydrogens is 268 g/mol. The summed E-state index contributed by atoms with van der Waals surface area (Å²) in [4.78, 5) is 14.3. The fourth-order valence-corrected chi connectivity index (χ4v) is 2.51. The van der Waals surface area contributed by atoms with Gasteiger partial charge in [0, 0.05) is 12.2 Å². The molecule has 1 aliphatic heterocycles. The molecule has 0 bridgehead atoms. The smallest absolute Gasteiger partial charge is 0.341 e. The van der Waals surface area contributed by atoms with Crippen LogP contribution in [0.15, 0.2) is 18.2 Å². The lowest BCUT2D eigenvalue weighted by molar-refractivity contribution is 0.0521. The van der Waals surface area contributed by atoms with Crippen molar-refractivity contribution in [1.29, 1.82) is 0 Å². The van der Waals surface area contributed by atoms with Crippen LogP contribution in [0.3, 0.4) is 0 Å². The summed E-state index contributed by atoms with van der Waals surface area (Å²) in [5.41, 5.74) is 6.66. The molecule has 0 saturated carbocycles. The van der Waals surface area contributed by atoms with Gasteiger partial charge in [0.2, 0.25) is 0 Å². The summed E-state index contributed by atoms with van der Waals surface area (Å²) in [5.74, 6) is 0.150. The lowest BCUT2D eigenvalue weighted by Gasteiger charge is -2.26.